The highest BCUT2D eigenvalue weighted by atomic mass is 16.6. The molecule has 0 rings (SSSR count). The Morgan fingerprint density at radius 2 is 0.547 bits per heavy atom. The smallest absolute Gasteiger partial charge is 0.306 e. The zero-order valence-corrected chi connectivity index (χ0v) is 49.0. The summed E-state index contributed by atoms with van der Waals surface area (Å²) in [6.07, 6.45) is 85.5. The largest absolute Gasteiger partial charge is 0.462 e. The SMILES string of the molecule is CC/C=C\C/C=C\C/C=C\C/C=C\CCC(=O)OCC(COC(=O)CCCCCCCCCCCCCCCCC/C=C\C/C=C\CCCCCCC)OC(=O)CCCCCCCCC/C=C\C/C=C\C/C=C\CC. The van der Waals surface area contributed by atoms with Crippen LogP contribution in [0, 0.1) is 0 Å². The lowest BCUT2D eigenvalue weighted by atomic mass is 10.0. The first-order valence-electron chi connectivity index (χ1n) is 31.4. The summed E-state index contributed by atoms with van der Waals surface area (Å²) in [7, 11) is 0. The number of hydrogen-bond acceptors (Lipinski definition) is 6. The fourth-order valence-electron chi connectivity index (χ4n) is 8.62. The highest BCUT2D eigenvalue weighted by molar-refractivity contribution is 5.71. The van der Waals surface area contributed by atoms with Crippen molar-refractivity contribution < 1.29 is 28.6 Å². The Labute approximate surface area is 463 Å². The quantitative estimate of drug-likeness (QED) is 0.0261. The van der Waals surface area contributed by atoms with Crippen molar-refractivity contribution in [2.24, 2.45) is 0 Å². The Morgan fingerprint density at radius 1 is 0.280 bits per heavy atom. The van der Waals surface area contributed by atoms with Gasteiger partial charge in [0.25, 0.3) is 0 Å². The van der Waals surface area contributed by atoms with Gasteiger partial charge in [0.05, 0.1) is 0 Å². The van der Waals surface area contributed by atoms with Crippen LogP contribution < -0.4 is 0 Å². The number of esters is 3. The molecule has 0 amide bonds. The number of hydrogen-bond donors (Lipinski definition) is 0. The van der Waals surface area contributed by atoms with Crippen LogP contribution in [0.2, 0.25) is 0 Å². The Kier molecular flexibility index (Phi) is 59.3. The first-order chi connectivity index (χ1) is 37.0. The van der Waals surface area contributed by atoms with Crippen molar-refractivity contribution in [1.82, 2.24) is 0 Å². The van der Waals surface area contributed by atoms with Gasteiger partial charge in [-0.15, -0.1) is 0 Å². The predicted molar refractivity (Wildman–Crippen MR) is 325 cm³/mol. The second kappa shape index (κ2) is 62.6. The van der Waals surface area contributed by atoms with Gasteiger partial charge in [-0.25, -0.2) is 0 Å². The maximum Gasteiger partial charge on any atom is 0.306 e. The van der Waals surface area contributed by atoms with Crippen LogP contribution in [-0.2, 0) is 28.6 Å². The standard InChI is InChI=1S/C69H116O6/c1-4-7-10-13-16-19-22-25-27-29-30-31-32-33-34-35-36-37-38-40-41-44-47-50-53-56-59-62-68(71)74-65-66(64-73-67(70)61-58-55-52-49-46-43-24-21-18-15-12-9-6-3)75-69(72)63-60-57-54-51-48-45-42-39-28-26-23-20-17-14-11-8-5-2/h8-9,11-12,17-18,20-22,25-26,28-30,43,46,52,55,66H,4-7,10,13-16,19,23-24,27,31-42,44-45,47-51,53-54,56-65H2,1-3H3/b11-8-,12-9-,20-17-,21-18-,25-22-,28-26-,30-29-,46-43-,55-52-. The van der Waals surface area contributed by atoms with Gasteiger partial charge in [0.2, 0.25) is 0 Å². The third-order valence-corrected chi connectivity index (χ3v) is 13.3. The summed E-state index contributed by atoms with van der Waals surface area (Å²) in [5.41, 5.74) is 0. The third-order valence-electron chi connectivity index (χ3n) is 13.3. The molecule has 0 heterocycles. The first-order valence-corrected chi connectivity index (χ1v) is 31.4. The van der Waals surface area contributed by atoms with E-state index in [0.29, 0.717) is 19.3 Å². The van der Waals surface area contributed by atoms with Gasteiger partial charge in [-0.2, -0.15) is 0 Å². The van der Waals surface area contributed by atoms with E-state index in [1.54, 1.807) is 0 Å². The molecular formula is C69H116O6. The van der Waals surface area contributed by atoms with Crippen LogP contribution >= 0.6 is 0 Å². The number of carbonyl (C=O) groups excluding carboxylic acids is 3. The molecule has 0 aliphatic carbocycles. The molecule has 6 heteroatoms. The monoisotopic (exact) mass is 1040 g/mol. The molecule has 0 aromatic heterocycles. The van der Waals surface area contributed by atoms with Gasteiger partial charge in [-0.3, -0.25) is 14.4 Å². The minimum Gasteiger partial charge on any atom is -0.462 e. The van der Waals surface area contributed by atoms with E-state index in [2.05, 4.69) is 124 Å². The van der Waals surface area contributed by atoms with Gasteiger partial charge < -0.3 is 14.2 Å². The summed E-state index contributed by atoms with van der Waals surface area (Å²) in [4.78, 5) is 38.2. The van der Waals surface area contributed by atoms with Gasteiger partial charge in [0, 0.05) is 19.3 Å². The molecule has 0 aliphatic heterocycles. The lowest BCUT2D eigenvalue weighted by Crippen LogP contribution is -2.30. The third kappa shape index (κ3) is 60.8. The van der Waals surface area contributed by atoms with E-state index < -0.39 is 6.10 Å². The number of unbranched alkanes of at least 4 members (excludes halogenated alkanes) is 27. The fourth-order valence-corrected chi connectivity index (χ4v) is 8.62. The molecule has 0 N–H and O–H groups in total. The number of ether oxygens (including phenoxy) is 3. The van der Waals surface area contributed by atoms with Crippen molar-refractivity contribution in [3.63, 3.8) is 0 Å². The normalized spacial score (nSPS) is 12.8. The van der Waals surface area contributed by atoms with E-state index in [9.17, 15) is 14.4 Å². The minimum atomic E-state index is -0.814. The molecule has 0 radical (unpaired) electrons. The summed E-state index contributed by atoms with van der Waals surface area (Å²) in [5, 5.41) is 0. The van der Waals surface area contributed by atoms with Crippen LogP contribution in [0.3, 0.4) is 0 Å². The molecule has 0 aliphatic rings. The molecule has 0 bridgehead atoms. The van der Waals surface area contributed by atoms with Crippen LogP contribution in [0.4, 0.5) is 0 Å². The van der Waals surface area contributed by atoms with Crippen molar-refractivity contribution in [3.8, 4) is 0 Å². The van der Waals surface area contributed by atoms with E-state index in [1.807, 2.05) is 6.08 Å². The molecule has 75 heavy (non-hydrogen) atoms. The minimum absolute atomic E-state index is 0.104. The van der Waals surface area contributed by atoms with E-state index in [-0.39, 0.29) is 37.5 Å². The summed E-state index contributed by atoms with van der Waals surface area (Å²) in [6, 6.07) is 0. The molecular weight excluding hydrogens is 925 g/mol. The lowest BCUT2D eigenvalue weighted by Gasteiger charge is -2.18. The highest BCUT2D eigenvalue weighted by Crippen LogP contribution is 2.16. The van der Waals surface area contributed by atoms with E-state index >= 15 is 0 Å². The molecule has 6 nitrogen and oxygen atoms in total. The zero-order valence-electron chi connectivity index (χ0n) is 49.0. The second-order valence-electron chi connectivity index (χ2n) is 20.5. The van der Waals surface area contributed by atoms with Crippen LogP contribution in [0.15, 0.2) is 109 Å². The van der Waals surface area contributed by atoms with Crippen LogP contribution in [0.25, 0.3) is 0 Å². The lowest BCUT2D eigenvalue weighted by molar-refractivity contribution is -0.166. The molecule has 0 aromatic carbocycles. The molecule has 0 saturated heterocycles. The van der Waals surface area contributed by atoms with Crippen LogP contribution in [0.5, 0.6) is 0 Å². The summed E-state index contributed by atoms with van der Waals surface area (Å²) >= 11 is 0. The number of carbonyl (C=O) groups is 3. The Hall–Kier alpha value is -3.93. The summed E-state index contributed by atoms with van der Waals surface area (Å²) in [5.74, 6) is -0.995. The van der Waals surface area contributed by atoms with Crippen molar-refractivity contribution in [2.45, 2.75) is 297 Å². The highest BCUT2D eigenvalue weighted by Gasteiger charge is 2.19. The van der Waals surface area contributed by atoms with Gasteiger partial charge in [-0.05, 0) is 109 Å². The van der Waals surface area contributed by atoms with Gasteiger partial charge in [0.1, 0.15) is 13.2 Å². The van der Waals surface area contributed by atoms with E-state index in [4.69, 9.17) is 14.2 Å². The fraction of sp³-hybridized carbons (Fsp3) is 0.696. The van der Waals surface area contributed by atoms with Gasteiger partial charge in [0.15, 0.2) is 6.10 Å². The Bertz CT molecular complexity index is 1520. The van der Waals surface area contributed by atoms with Crippen molar-refractivity contribution in [3.05, 3.63) is 109 Å². The van der Waals surface area contributed by atoms with Crippen LogP contribution in [-0.4, -0.2) is 37.2 Å². The van der Waals surface area contributed by atoms with E-state index in [1.165, 1.54) is 148 Å². The summed E-state index contributed by atoms with van der Waals surface area (Å²) < 4.78 is 16.8. The maximum atomic E-state index is 12.9. The first kappa shape index (κ1) is 71.1. The zero-order chi connectivity index (χ0) is 54.3. The number of allylic oxidation sites excluding steroid dienone is 18. The van der Waals surface area contributed by atoms with Crippen molar-refractivity contribution in [1.29, 1.82) is 0 Å². The molecule has 1 atom stereocenters. The second-order valence-corrected chi connectivity index (χ2v) is 20.5. The number of rotatable bonds is 56. The van der Waals surface area contributed by atoms with Crippen molar-refractivity contribution in [2.75, 3.05) is 13.2 Å². The van der Waals surface area contributed by atoms with E-state index in [0.717, 1.165) is 96.3 Å². The predicted octanol–water partition coefficient (Wildman–Crippen LogP) is 21.4. The average Bonchev–Trinajstić information content (AvgIpc) is 3.41. The van der Waals surface area contributed by atoms with Crippen LogP contribution in [0.1, 0.15) is 290 Å². The molecule has 0 aromatic rings. The Balaban J connectivity index is 4.31. The van der Waals surface area contributed by atoms with Crippen molar-refractivity contribution >= 4 is 17.9 Å². The van der Waals surface area contributed by atoms with Gasteiger partial charge >= 0.3 is 17.9 Å². The molecule has 0 fully saturated rings. The Morgan fingerprint density at radius 3 is 0.893 bits per heavy atom. The molecule has 0 saturated carbocycles. The molecule has 428 valence electrons. The molecule has 1 unspecified atom stereocenters. The summed E-state index contributed by atoms with van der Waals surface area (Å²) in [6.45, 7) is 6.35. The maximum absolute atomic E-state index is 12.9. The average molecular weight is 1040 g/mol. The molecule has 0 spiro atoms. The topological polar surface area (TPSA) is 78.9 Å². The van der Waals surface area contributed by atoms with Gasteiger partial charge in [-0.1, -0.05) is 271 Å².